The molecule has 1 atom stereocenters. The molecule has 0 amide bonds. The zero-order chi connectivity index (χ0) is 18.5. The lowest BCUT2D eigenvalue weighted by Crippen LogP contribution is -2.39. The Balaban J connectivity index is 1.82. The maximum Gasteiger partial charge on any atom is 0.298 e. The maximum atomic E-state index is 10.5. The minimum Gasteiger partial charge on any atom is -0.496 e. The van der Waals surface area contributed by atoms with Gasteiger partial charge < -0.3 is 19.7 Å². The van der Waals surface area contributed by atoms with Gasteiger partial charge in [0, 0.05) is 24.2 Å². The van der Waals surface area contributed by atoms with E-state index in [4.69, 9.17) is 9.47 Å². The van der Waals surface area contributed by atoms with Crippen LogP contribution in [0.25, 0.3) is 11.3 Å². The molecule has 1 aromatic carbocycles. The summed E-state index contributed by atoms with van der Waals surface area (Å²) in [5, 5.41) is 12.2. The number of likely N-dealkylation sites (tertiary alicyclic amines) is 1. The van der Waals surface area contributed by atoms with Gasteiger partial charge in [-0.25, -0.2) is 0 Å². The Morgan fingerprint density at radius 3 is 2.85 bits per heavy atom. The molecule has 138 valence electrons. The zero-order valence-corrected chi connectivity index (χ0v) is 15.4. The highest BCUT2D eigenvalue weighted by Gasteiger charge is 2.18. The van der Waals surface area contributed by atoms with Gasteiger partial charge in [0.2, 0.25) is 0 Å². The largest absolute Gasteiger partial charge is 0.496 e. The molecule has 1 saturated heterocycles. The van der Waals surface area contributed by atoms with Crippen LogP contribution in [0.4, 0.5) is 5.82 Å². The number of aromatic nitrogens is 2. The number of benzene rings is 1. The van der Waals surface area contributed by atoms with Crippen LogP contribution >= 0.6 is 0 Å². The summed E-state index contributed by atoms with van der Waals surface area (Å²) in [5.74, 6) is 1.79. The Hall–Kier alpha value is -2.67. The number of carbonyl (C=O) groups excluding carboxylic acids is 1. The molecule has 7 nitrogen and oxygen atoms in total. The predicted octanol–water partition coefficient (Wildman–Crippen LogP) is 2.50. The van der Waals surface area contributed by atoms with E-state index in [1.807, 2.05) is 19.1 Å². The number of aryl methyl sites for hydroxylation is 1. The molecule has 1 aliphatic heterocycles. The minimum atomic E-state index is 0.391. The van der Waals surface area contributed by atoms with Crippen LogP contribution in [-0.2, 0) is 4.79 Å². The molecule has 3 rings (SSSR count). The number of anilines is 1. The van der Waals surface area contributed by atoms with E-state index in [1.165, 1.54) is 6.42 Å². The molecule has 0 spiro atoms. The van der Waals surface area contributed by atoms with E-state index in [0.717, 1.165) is 42.1 Å². The third-order valence-electron chi connectivity index (χ3n) is 4.57. The van der Waals surface area contributed by atoms with Crippen molar-refractivity contribution in [1.29, 1.82) is 0 Å². The van der Waals surface area contributed by atoms with E-state index >= 15 is 0 Å². The molecule has 1 N–H and O–H groups in total. The van der Waals surface area contributed by atoms with Gasteiger partial charge in [-0.2, -0.15) is 0 Å². The summed E-state index contributed by atoms with van der Waals surface area (Å²) in [5.41, 5.74) is 2.54. The minimum absolute atomic E-state index is 0.391. The summed E-state index contributed by atoms with van der Waals surface area (Å²) >= 11 is 0. The Kier molecular flexibility index (Phi) is 5.68. The second kappa shape index (κ2) is 8.14. The fourth-order valence-electron chi connectivity index (χ4n) is 3.31. The summed E-state index contributed by atoms with van der Waals surface area (Å²) in [7, 11) is 3.71. The average molecular weight is 356 g/mol. The molecule has 2 heterocycles. The first kappa shape index (κ1) is 18.1. The molecular formula is C19H24N4O3. The molecule has 0 bridgehead atoms. The van der Waals surface area contributed by atoms with Crippen LogP contribution in [-0.4, -0.2) is 54.9 Å². The number of nitrogens with zero attached hydrogens (tertiary/aromatic N) is 3. The van der Waals surface area contributed by atoms with Crippen molar-refractivity contribution in [3.05, 3.63) is 29.8 Å². The molecule has 26 heavy (non-hydrogen) atoms. The molecule has 0 aliphatic carbocycles. The number of hydrogen-bond acceptors (Lipinski definition) is 7. The molecule has 0 unspecified atom stereocenters. The Morgan fingerprint density at radius 2 is 2.15 bits per heavy atom. The molecule has 0 radical (unpaired) electrons. The van der Waals surface area contributed by atoms with Gasteiger partial charge >= 0.3 is 0 Å². The van der Waals surface area contributed by atoms with Crippen LogP contribution in [0.3, 0.4) is 0 Å². The third kappa shape index (κ3) is 4.11. The van der Waals surface area contributed by atoms with Gasteiger partial charge in [-0.3, -0.25) is 4.79 Å². The number of piperidine rings is 1. The van der Waals surface area contributed by atoms with Crippen molar-refractivity contribution in [2.75, 3.05) is 32.6 Å². The summed E-state index contributed by atoms with van der Waals surface area (Å²) in [4.78, 5) is 12.8. The molecule has 7 heteroatoms. The Labute approximate surface area is 153 Å². The number of hydrogen-bond donors (Lipinski definition) is 1. The third-order valence-corrected chi connectivity index (χ3v) is 4.57. The lowest BCUT2D eigenvalue weighted by molar-refractivity contribution is -0.120. The van der Waals surface area contributed by atoms with Gasteiger partial charge in [-0.1, -0.05) is 0 Å². The number of likely N-dealkylation sites (N-methyl/N-ethyl adjacent to an activating group) is 1. The first-order valence-corrected chi connectivity index (χ1v) is 8.69. The second-order valence-corrected chi connectivity index (χ2v) is 6.58. The standard InChI is InChI=1S/C19H24N4O3/c1-13-9-18(20-14-5-4-8-23(2)11-14)21-22-19(13)16-7-6-15(26-12-24)10-17(16)25-3/h6-7,9-10,12,14H,4-5,8,11H2,1-3H3,(H,20,21)/t14-/m1/s1. The van der Waals surface area contributed by atoms with E-state index in [1.54, 1.807) is 19.2 Å². The summed E-state index contributed by atoms with van der Waals surface area (Å²) < 4.78 is 10.3. The van der Waals surface area contributed by atoms with Crippen molar-refractivity contribution >= 4 is 12.3 Å². The fraction of sp³-hybridized carbons (Fsp3) is 0.421. The van der Waals surface area contributed by atoms with Crippen LogP contribution in [0.2, 0.25) is 0 Å². The van der Waals surface area contributed by atoms with Gasteiger partial charge in [0.1, 0.15) is 17.3 Å². The van der Waals surface area contributed by atoms with Crippen LogP contribution in [0, 0.1) is 6.92 Å². The van der Waals surface area contributed by atoms with E-state index < -0.39 is 0 Å². The molecule has 1 fully saturated rings. The lowest BCUT2D eigenvalue weighted by atomic mass is 10.0. The van der Waals surface area contributed by atoms with Gasteiger partial charge in [-0.05, 0) is 57.1 Å². The lowest BCUT2D eigenvalue weighted by Gasteiger charge is -2.30. The second-order valence-electron chi connectivity index (χ2n) is 6.58. The maximum absolute atomic E-state index is 10.5. The van der Waals surface area contributed by atoms with Crippen LogP contribution < -0.4 is 14.8 Å². The number of rotatable bonds is 6. The van der Waals surface area contributed by atoms with Gasteiger partial charge in [0.25, 0.3) is 6.47 Å². The Bertz CT molecular complexity index is 781. The zero-order valence-electron chi connectivity index (χ0n) is 15.4. The van der Waals surface area contributed by atoms with Crippen molar-refractivity contribution in [2.24, 2.45) is 0 Å². The summed E-state index contributed by atoms with van der Waals surface area (Å²) in [6, 6.07) is 7.58. The number of carbonyl (C=O) groups is 1. The van der Waals surface area contributed by atoms with E-state index in [-0.39, 0.29) is 0 Å². The quantitative estimate of drug-likeness (QED) is 0.797. The van der Waals surface area contributed by atoms with Crippen LogP contribution in [0.15, 0.2) is 24.3 Å². The SMILES string of the molecule is COc1cc(OC=O)ccc1-c1nnc(N[C@@H]2CCCN(C)C2)cc1C. The van der Waals surface area contributed by atoms with Gasteiger partial charge in [0.15, 0.2) is 0 Å². The average Bonchev–Trinajstić information content (AvgIpc) is 2.62. The van der Waals surface area contributed by atoms with Crippen LogP contribution in [0.5, 0.6) is 11.5 Å². The topological polar surface area (TPSA) is 76.6 Å². The number of ether oxygens (including phenoxy) is 2. The predicted molar refractivity (Wildman–Crippen MR) is 99.6 cm³/mol. The van der Waals surface area contributed by atoms with Crippen molar-refractivity contribution in [3.8, 4) is 22.8 Å². The Morgan fingerprint density at radius 1 is 1.31 bits per heavy atom. The highest BCUT2D eigenvalue weighted by atomic mass is 16.5. The molecule has 1 aromatic heterocycles. The van der Waals surface area contributed by atoms with Crippen molar-refractivity contribution in [3.63, 3.8) is 0 Å². The van der Waals surface area contributed by atoms with Crippen molar-refractivity contribution < 1.29 is 14.3 Å². The first-order valence-electron chi connectivity index (χ1n) is 8.69. The van der Waals surface area contributed by atoms with E-state index in [0.29, 0.717) is 24.0 Å². The molecule has 1 aliphatic rings. The molecular weight excluding hydrogens is 332 g/mol. The fourth-order valence-corrected chi connectivity index (χ4v) is 3.31. The van der Waals surface area contributed by atoms with E-state index in [2.05, 4.69) is 27.5 Å². The first-order chi connectivity index (χ1) is 12.6. The molecule has 0 saturated carbocycles. The number of methoxy groups -OCH3 is 1. The summed E-state index contributed by atoms with van der Waals surface area (Å²) in [6.07, 6.45) is 2.32. The number of nitrogens with one attached hydrogen (secondary N) is 1. The van der Waals surface area contributed by atoms with Crippen molar-refractivity contribution in [1.82, 2.24) is 15.1 Å². The van der Waals surface area contributed by atoms with E-state index in [9.17, 15) is 4.79 Å². The smallest absolute Gasteiger partial charge is 0.298 e. The van der Waals surface area contributed by atoms with Crippen LogP contribution in [0.1, 0.15) is 18.4 Å². The highest BCUT2D eigenvalue weighted by Crippen LogP contribution is 2.34. The summed E-state index contributed by atoms with van der Waals surface area (Å²) in [6.45, 7) is 4.54. The molecule has 2 aromatic rings. The van der Waals surface area contributed by atoms with Gasteiger partial charge in [-0.15, -0.1) is 10.2 Å². The monoisotopic (exact) mass is 356 g/mol. The van der Waals surface area contributed by atoms with Crippen molar-refractivity contribution in [2.45, 2.75) is 25.8 Å². The normalized spacial score (nSPS) is 17.6. The van der Waals surface area contributed by atoms with Gasteiger partial charge in [0.05, 0.1) is 12.8 Å². The highest BCUT2D eigenvalue weighted by molar-refractivity contribution is 5.72.